The summed E-state index contributed by atoms with van der Waals surface area (Å²) in [6, 6.07) is 16.8. The molecule has 31 heavy (non-hydrogen) atoms. The fraction of sp³-hybridized carbons (Fsp3) is 0.130. The summed E-state index contributed by atoms with van der Waals surface area (Å²) in [5, 5.41) is 13.8. The fourth-order valence-electron chi connectivity index (χ4n) is 3.33. The van der Waals surface area contributed by atoms with Crippen molar-refractivity contribution in [1.29, 1.82) is 0 Å². The smallest absolute Gasteiger partial charge is 0.276 e. The first-order chi connectivity index (χ1) is 15.0. The maximum Gasteiger partial charge on any atom is 0.276 e. The van der Waals surface area contributed by atoms with Gasteiger partial charge in [0.05, 0.1) is 16.8 Å². The third kappa shape index (κ3) is 3.95. The minimum atomic E-state index is -0.388. The Hall–Kier alpha value is -4.20. The minimum Gasteiger partial charge on any atom is -0.355 e. The Kier molecular flexibility index (Phi) is 5.36. The predicted molar refractivity (Wildman–Crippen MR) is 121 cm³/mol. The number of rotatable bonds is 5. The molecule has 0 saturated carbocycles. The van der Waals surface area contributed by atoms with Gasteiger partial charge in [-0.05, 0) is 30.7 Å². The van der Waals surface area contributed by atoms with Gasteiger partial charge in [-0.15, -0.1) is 0 Å². The lowest BCUT2D eigenvalue weighted by molar-refractivity contribution is 0.0961. The molecule has 4 aromatic rings. The number of aryl methyl sites for hydroxylation is 2. The van der Waals surface area contributed by atoms with Crippen molar-refractivity contribution in [2.24, 2.45) is 7.05 Å². The molecule has 0 aliphatic heterocycles. The van der Waals surface area contributed by atoms with Crippen LogP contribution in [0.25, 0.3) is 10.9 Å². The van der Waals surface area contributed by atoms with E-state index in [1.165, 1.54) is 6.20 Å². The van der Waals surface area contributed by atoms with E-state index in [1.807, 2.05) is 55.5 Å². The van der Waals surface area contributed by atoms with Crippen LogP contribution in [0.1, 0.15) is 26.4 Å². The minimum absolute atomic E-state index is 0.297. The van der Waals surface area contributed by atoms with Crippen molar-refractivity contribution in [3.8, 4) is 0 Å². The molecular formula is C23H22N6O2. The summed E-state index contributed by atoms with van der Waals surface area (Å²) >= 11 is 0. The van der Waals surface area contributed by atoms with Crippen molar-refractivity contribution in [3.63, 3.8) is 0 Å². The van der Waals surface area contributed by atoms with Gasteiger partial charge in [-0.3, -0.25) is 14.3 Å². The molecule has 0 aliphatic carbocycles. The Labute approximate surface area is 179 Å². The van der Waals surface area contributed by atoms with E-state index in [0.29, 0.717) is 22.8 Å². The van der Waals surface area contributed by atoms with Crippen molar-refractivity contribution in [2.75, 3.05) is 17.7 Å². The maximum absolute atomic E-state index is 13.1. The van der Waals surface area contributed by atoms with E-state index in [9.17, 15) is 9.59 Å². The van der Waals surface area contributed by atoms with Gasteiger partial charge >= 0.3 is 0 Å². The summed E-state index contributed by atoms with van der Waals surface area (Å²) < 4.78 is 1.66. The number of para-hydroxylation sites is 2. The first kappa shape index (κ1) is 20.1. The summed E-state index contributed by atoms with van der Waals surface area (Å²) in [5.74, 6) is -0.259. The standard InChI is InChI=1S/C23H22N6O2/c1-14-8-4-6-10-17(14)26-21-18(12-15(13-25-21)22(30)24-2)27-23(31)20-16-9-5-7-11-19(16)29(3)28-20/h4-13H,1-3H3,(H,24,30)(H,25,26)(H,27,31). The summed E-state index contributed by atoms with van der Waals surface area (Å²) in [7, 11) is 3.33. The molecule has 2 heterocycles. The number of hydrogen-bond acceptors (Lipinski definition) is 5. The number of benzene rings is 2. The van der Waals surface area contributed by atoms with Crippen molar-refractivity contribution in [2.45, 2.75) is 6.92 Å². The zero-order valence-electron chi connectivity index (χ0n) is 17.4. The van der Waals surface area contributed by atoms with Crippen LogP contribution in [-0.4, -0.2) is 33.6 Å². The van der Waals surface area contributed by atoms with E-state index in [1.54, 1.807) is 24.8 Å². The highest BCUT2D eigenvalue weighted by Crippen LogP contribution is 2.27. The van der Waals surface area contributed by atoms with Gasteiger partial charge in [0.1, 0.15) is 0 Å². The number of carbonyl (C=O) groups is 2. The molecule has 0 radical (unpaired) electrons. The zero-order chi connectivity index (χ0) is 22.0. The van der Waals surface area contributed by atoms with Crippen molar-refractivity contribution in [1.82, 2.24) is 20.1 Å². The second-order valence-electron chi connectivity index (χ2n) is 7.08. The van der Waals surface area contributed by atoms with Gasteiger partial charge in [0.25, 0.3) is 11.8 Å². The maximum atomic E-state index is 13.1. The molecule has 2 aromatic carbocycles. The van der Waals surface area contributed by atoms with Gasteiger partial charge in [0.15, 0.2) is 11.5 Å². The molecule has 3 N–H and O–H groups in total. The second kappa shape index (κ2) is 8.27. The Morgan fingerprint density at radius 2 is 1.71 bits per heavy atom. The summed E-state index contributed by atoms with van der Waals surface area (Å²) in [6.07, 6.45) is 1.46. The number of anilines is 3. The molecule has 2 amide bonds. The van der Waals surface area contributed by atoms with Crippen molar-refractivity contribution < 1.29 is 9.59 Å². The number of amides is 2. The van der Waals surface area contributed by atoms with Crippen LogP contribution in [0.15, 0.2) is 60.8 Å². The Morgan fingerprint density at radius 1 is 0.968 bits per heavy atom. The normalized spacial score (nSPS) is 10.7. The number of hydrogen-bond donors (Lipinski definition) is 3. The quantitative estimate of drug-likeness (QED) is 0.463. The van der Waals surface area contributed by atoms with E-state index in [0.717, 1.165) is 22.2 Å². The highest BCUT2D eigenvalue weighted by molar-refractivity contribution is 6.12. The van der Waals surface area contributed by atoms with Crippen LogP contribution in [0, 0.1) is 6.92 Å². The molecular weight excluding hydrogens is 392 g/mol. The van der Waals surface area contributed by atoms with Gasteiger partial charge in [-0.2, -0.15) is 5.10 Å². The average Bonchev–Trinajstić information content (AvgIpc) is 3.12. The van der Waals surface area contributed by atoms with E-state index < -0.39 is 0 Å². The van der Waals surface area contributed by atoms with Gasteiger partial charge in [0, 0.05) is 31.4 Å². The molecule has 4 rings (SSSR count). The Balaban J connectivity index is 1.73. The SMILES string of the molecule is CNC(=O)c1cnc(Nc2ccccc2C)c(NC(=O)c2nn(C)c3ccccc23)c1. The summed E-state index contributed by atoms with van der Waals surface area (Å²) in [6.45, 7) is 1.97. The van der Waals surface area contributed by atoms with Crippen LogP contribution < -0.4 is 16.0 Å². The Morgan fingerprint density at radius 3 is 2.48 bits per heavy atom. The second-order valence-corrected chi connectivity index (χ2v) is 7.08. The topological polar surface area (TPSA) is 101 Å². The van der Waals surface area contributed by atoms with E-state index in [2.05, 4.69) is 26.0 Å². The molecule has 0 spiro atoms. The van der Waals surface area contributed by atoms with Crippen molar-refractivity contribution >= 4 is 39.9 Å². The number of pyridine rings is 1. The van der Waals surface area contributed by atoms with Crippen LogP contribution >= 0.6 is 0 Å². The predicted octanol–water partition coefficient (Wildman–Crippen LogP) is 3.63. The van der Waals surface area contributed by atoms with Crippen molar-refractivity contribution in [3.05, 3.63) is 77.6 Å². The third-order valence-corrected chi connectivity index (χ3v) is 5.00. The summed E-state index contributed by atoms with van der Waals surface area (Å²) in [5.41, 5.74) is 3.73. The molecule has 8 heteroatoms. The van der Waals surface area contributed by atoms with Crippen LogP contribution in [0.2, 0.25) is 0 Å². The summed E-state index contributed by atoms with van der Waals surface area (Å²) in [4.78, 5) is 29.6. The number of nitrogens with one attached hydrogen (secondary N) is 3. The molecule has 156 valence electrons. The molecule has 0 fully saturated rings. The number of aromatic nitrogens is 3. The van der Waals surface area contributed by atoms with Gasteiger partial charge in [0.2, 0.25) is 0 Å². The number of fused-ring (bicyclic) bond motifs is 1. The van der Waals surface area contributed by atoms with Crippen LogP contribution in [0.4, 0.5) is 17.2 Å². The Bertz CT molecular complexity index is 1290. The lowest BCUT2D eigenvalue weighted by Crippen LogP contribution is -2.20. The first-order valence-corrected chi connectivity index (χ1v) is 9.76. The van der Waals surface area contributed by atoms with Crippen LogP contribution in [0.5, 0.6) is 0 Å². The molecule has 0 bridgehead atoms. The molecule has 0 saturated heterocycles. The van der Waals surface area contributed by atoms with Gasteiger partial charge < -0.3 is 16.0 Å². The van der Waals surface area contributed by atoms with Crippen LogP contribution in [-0.2, 0) is 7.05 Å². The first-order valence-electron chi connectivity index (χ1n) is 9.76. The lowest BCUT2D eigenvalue weighted by Gasteiger charge is -2.14. The zero-order valence-corrected chi connectivity index (χ0v) is 17.4. The largest absolute Gasteiger partial charge is 0.355 e. The molecule has 2 aromatic heterocycles. The molecule has 0 aliphatic rings. The van der Waals surface area contributed by atoms with Crippen LogP contribution in [0.3, 0.4) is 0 Å². The lowest BCUT2D eigenvalue weighted by atomic mass is 10.1. The van der Waals surface area contributed by atoms with Gasteiger partial charge in [-0.1, -0.05) is 36.4 Å². The molecule has 8 nitrogen and oxygen atoms in total. The highest BCUT2D eigenvalue weighted by Gasteiger charge is 2.19. The van der Waals surface area contributed by atoms with E-state index >= 15 is 0 Å². The fourth-order valence-corrected chi connectivity index (χ4v) is 3.33. The van der Waals surface area contributed by atoms with E-state index in [4.69, 9.17) is 0 Å². The number of carbonyl (C=O) groups excluding carboxylic acids is 2. The highest BCUT2D eigenvalue weighted by atomic mass is 16.2. The van der Waals surface area contributed by atoms with Gasteiger partial charge in [-0.25, -0.2) is 4.98 Å². The average molecular weight is 414 g/mol. The van der Waals surface area contributed by atoms with E-state index in [-0.39, 0.29) is 11.8 Å². The third-order valence-electron chi connectivity index (χ3n) is 5.00. The monoisotopic (exact) mass is 414 g/mol. The molecule has 0 atom stereocenters. The molecule has 0 unspecified atom stereocenters. The number of nitrogens with zero attached hydrogens (tertiary/aromatic N) is 3.